The van der Waals surface area contributed by atoms with Gasteiger partial charge < -0.3 is 15.1 Å². The third-order valence-electron chi connectivity index (χ3n) is 8.25. The third-order valence-corrected chi connectivity index (χ3v) is 15.7. The van der Waals surface area contributed by atoms with E-state index >= 15 is 0 Å². The van der Waals surface area contributed by atoms with Crippen molar-refractivity contribution in [3.8, 4) is 0 Å². The van der Waals surface area contributed by atoms with E-state index in [1.54, 1.807) is 0 Å². The molecule has 0 spiro atoms. The molecule has 0 aliphatic rings. The highest BCUT2D eigenvalue weighted by Gasteiger charge is 2.07. The highest BCUT2D eigenvalue weighted by Crippen LogP contribution is 2.25. The number of hydrogen-bond donors (Lipinski definition) is 1. The molecule has 278 valence electrons. The number of nitrogens with one attached hydrogen (secondary N) is 1. The Morgan fingerprint density at radius 2 is 0.739 bits per heavy atom. The third kappa shape index (κ3) is 40.4. The summed E-state index contributed by atoms with van der Waals surface area (Å²) >= 11 is 0. The summed E-state index contributed by atoms with van der Waals surface area (Å²) in [7, 11) is 14.9. The summed E-state index contributed by atoms with van der Waals surface area (Å²) < 4.78 is 0. The molecule has 0 rings (SSSR count). The monoisotopic (exact) mass is 757 g/mol. The molecule has 0 unspecified atom stereocenters. The highest BCUT2D eigenvalue weighted by molar-refractivity contribution is 8.77. The van der Waals surface area contributed by atoms with Crippen LogP contribution >= 0.6 is 64.8 Å². The second-order valence-electron chi connectivity index (χ2n) is 12.8. The molecule has 0 aromatic carbocycles. The van der Waals surface area contributed by atoms with Crippen LogP contribution in [0.15, 0.2) is 0 Å². The molecule has 0 aliphatic carbocycles. The van der Waals surface area contributed by atoms with Gasteiger partial charge in [-0.2, -0.15) is 0 Å². The van der Waals surface area contributed by atoms with Crippen molar-refractivity contribution in [1.29, 1.82) is 0 Å². The molecular formula is C37H79N3S6. The molecular weight excluding hydrogens is 679 g/mol. The molecule has 0 aromatic heterocycles. The fraction of sp³-hybridized carbons (Fsp3) is 1.00. The Bertz CT molecular complexity index is 525. The van der Waals surface area contributed by atoms with Crippen LogP contribution in [-0.4, -0.2) is 97.2 Å². The number of rotatable bonds is 41. The van der Waals surface area contributed by atoms with E-state index in [2.05, 4.69) is 108 Å². The molecule has 0 atom stereocenters. The van der Waals surface area contributed by atoms with E-state index in [-0.39, 0.29) is 0 Å². The van der Waals surface area contributed by atoms with Crippen LogP contribution in [0, 0.1) is 0 Å². The summed E-state index contributed by atoms with van der Waals surface area (Å²) in [5.74, 6) is 7.77. The minimum Gasteiger partial charge on any atom is -0.316 e. The van der Waals surface area contributed by atoms with Gasteiger partial charge in [0.15, 0.2) is 0 Å². The van der Waals surface area contributed by atoms with E-state index in [1.165, 1.54) is 196 Å². The van der Waals surface area contributed by atoms with E-state index in [0.29, 0.717) is 0 Å². The van der Waals surface area contributed by atoms with Crippen molar-refractivity contribution in [1.82, 2.24) is 15.1 Å². The molecule has 9 heteroatoms. The Morgan fingerprint density at radius 3 is 1.22 bits per heavy atom. The lowest BCUT2D eigenvalue weighted by atomic mass is 10.1. The van der Waals surface area contributed by atoms with E-state index in [0.717, 1.165) is 13.1 Å². The lowest BCUT2D eigenvalue weighted by Crippen LogP contribution is -2.32. The zero-order valence-corrected chi connectivity index (χ0v) is 36.1. The van der Waals surface area contributed by atoms with Gasteiger partial charge in [0.05, 0.1) is 0 Å². The lowest BCUT2D eigenvalue weighted by Gasteiger charge is -2.24. The van der Waals surface area contributed by atoms with Gasteiger partial charge in [0.1, 0.15) is 0 Å². The molecule has 3 nitrogen and oxygen atoms in total. The first-order valence-corrected chi connectivity index (χ1v) is 27.1. The maximum absolute atomic E-state index is 3.67. The maximum atomic E-state index is 3.67. The van der Waals surface area contributed by atoms with Crippen molar-refractivity contribution in [2.75, 3.05) is 87.4 Å². The van der Waals surface area contributed by atoms with Crippen molar-refractivity contribution in [2.24, 2.45) is 0 Å². The predicted molar refractivity (Wildman–Crippen MR) is 231 cm³/mol. The topological polar surface area (TPSA) is 18.5 Å². The molecule has 0 saturated carbocycles. The zero-order chi connectivity index (χ0) is 33.4. The van der Waals surface area contributed by atoms with Crippen LogP contribution < -0.4 is 5.32 Å². The molecule has 0 fully saturated rings. The van der Waals surface area contributed by atoms with Crippen LogP contribution in [0.2, 0.25) is 0 Å². The number of unbranched alkanes of at least 4 members (excludes halogenated alkanes) is 15. The van der Waals surface area contributed by atoms with Crippen LogP contribution in [0.3, 0.4) is 0 Å². The first-order valence-electron chi connectivity index (χ1n) is 19.6. The van der Waals surface area contributed by atoms with Gasteiger partial charge in [-0.15, -0.1) is 0 Å². The normalized spacial score (nSPS) is 11.9. The number of nitrogens with zero attached hydrogens (tertiary/aromatic N) is 2. The fourth-order valence-electron chi connectivity index (χ4n) is 5.23. The highest BCUT2D eigenvalue weighted by atomic mass is 33.1. The van der Waals surface area contributed by atoms with Crippen LogP contribution in [-0.2, 0) is 0 Å². The summed E-state index contributed by atoms with van der Waals surface area (Å²) in [6, 6.07) is 0. The van der Waals surface area contributed by atoms with Crippen molar-refractivity contribution in [3.05, 3.63) is 0 Å². The Morgan fingerprint density at radius 1 is 0.348 bits per heavy atom. The minimum atomic E-state index is 1.15. The average Bonchev–Trinajstić information content (AvgIpc) is 3.06. The molecule has 1 N–H and O–H groups in total. The van der Waals surface area contributed by atoms with Gasteiger partial charge in [0, 0.05) is 54.2 Å². The predicted octanol–water partition coefficient (Wildman–Crippen LogP) is 12.8. The van der Waals surface area contributed by atoms with Crippen LogP contribution in [0.5, 0.6) is 0 Å². The molecule has 0 heterocycles. The van der Waals surface area contributed by atoms with Gasteiger partial charge in [0.25, 0.3) is 0 Å². The number of hydrogen-bond acceptors (Lipinski definition) is 9. The summed E-state index contributed by atoms with van der Waals surface area (Å²) in [5.41, 5.74) is 0. The van der Waals surface area contributed by atoms with Gasteiger partial charge in [-0.25, -0.2) is 0 Å². The lowest BCUT2D eigenvalue weighted by molar-refractivity contribution is 0.264. The van der Waals surface area contributed by atoms with Crippen LogP contribution in [0.4, 0.5) is 0 Å². The second kappa shape index (κ2) is 43.1. The van der Waals surface area contributed by atoms with E-state index in [4.69, 9.17) is 0 Å². The van der Waals surface area contributed by atoms with Gasteiger partial charge >= 0.3 is 0 Å². The Labute approximate surface area is 314 Å². The fourth-order valence-corrected chi connectivity index (χ4v) is 11.7. The van der Waals surface area contributed by atoms with Crippen molar-refractivity contribution >= 4 is 64.8 Å². The van der Waals surface area contributed by atoms with Gasteiger partial charge in [0.2, 0.25) is 0 Å². The maximum Gasteiger partial charge on any atom is 0.0165 e. The Kier molecular flexibility index (Phi) is 45.0. The van der Waals surface area contributed by atoms with Crippen molar-refractivity contribution < 1.29 is 0 Å². The minimum absolute atomic E-state index is 1.15. The summed E-state index contributed by atoms with van der Waals surface area (Å²) in [6.07, 6.45) is 27.9. The van der Waals surface area contributed by atoms with Crippen molar-refractivity contribution in [2.45, 2.75) is 149 Å². The SMILES string of the molecule is CCCCCCCCSSCCNCCCN(C)CCCN(CCSSCCCCCCCC)CCSSCCCCCCCC. The summed E-state index contributed by atoms with van der Waals surface area (Å²) in [6.45, 7) is 15.4. The van der Waals surface area contributed by atoms with Gasteiger partial charge in [-0.3, -0.25) is 0 Å². The summed E-state index contributed by atoms with van der Waals surface area (Å²) in [5, 5.41) is 3.67. The standard InChI is InChI=1S/C37H79N3S6/c1-5-8-11-14-17-20-32-41-44-35-26-38-25-23-27-39(4)28-24-29-40(30-36-45-42-33-21-18-15-12-9-6-2)31-37-46-43-34-22-19-16-13-10-7-3/h38H,5-37H2,1-4H3. The van der Waals surface area contributed by atoms with E-state index in [9.17, 15) is 0 Å². The largest absolute Gasteiger partial charge is 0.316 e. The molecule has 0 saturated heterocycles. The first kappa shape index (κ1) is 48.0. The zero-order valence-electron chi connectivity index (χ0n) is 31.2. The smallest absolute Gasteiger partial charge is 0.0165 e. The first-order chi connectivity index (χ1) is 22.7. The van der Waals surface area contributed by atoms with Crippen LogP contribution in [0.25, 0.3) is 0 Å². The van der Waals surface area contributed by atoms with Crippen LogP contribution in [0.1, 0.15) is 149 Å². The Balaban J connectivity index is 3.94. The quantitative estimate of drug-likeness (QED) is 0.0481. The molecule has 0 amide bonds. The van der Waals surface area contributed by atoms with Gasteiger partial charge in [-0.1, -0.05) is 182 Å². The van der Waals surface area contributed by atoms with E-state index in [1.807, 2.05) is 0 Å². The second-order valence-corrected chi connectivity index (χ2v) is 20.9. The molecule has 0 bridgehead atoms. The molecule has 0 aliphatic heterocycles. The molecule has 46 heavy (non-hydrogen) atoms. The Hall–Kier alpha value is 1.98. The molecule has 0 aromatic rings. The average molecular weight is 758 g/mol. The van der Waals surface area contributed by atoms with E-state index < -0.39 is 0 Å². The molecule has 0 radical (unpaired) electrons. The summed E-state index contributed by atoms with van der Waals surface area (Å²) in [4.78, 5) is 5.31. The van der Waals surface area contributed by atoms with Gasteiger partial charge in [-0.05, 0) is 65.3 Å². The van der Waals surface area contributed by atoms with Crippen molar-refractivity contribution in [3.63, 3.8) is 0 Å².